The van der Waals surface area contributed by atoms with Gasteiger partial charge in [-0.15, -0.1) is 12.4 Å². The third kappa shape index (κ3) is 6.67. The van der Waals surface area contributed by atoms with Gasteiger partial charge in [0.1, 0.15) is 11.5 Å². The molecule has 1 amide bonds. The van der Waals surface area contributed by atoms with Crippen molar-refractivity contribution in [3.8, 4) is 0 Å². The van der Waals surface area contributed by atoms with Crippen LogP contribution in [0.5, 0.6) is 0 Å². The Morgan fingerprint density at radius 1 is 1.28 bits per heavy atom. The van der Waals surface area contributed by atoms with E-state index >= 15 is 0 Å². The zero-order chi connectivity index (χ0) is 20.7. The van der Waals surface area contributed by atoms with Crippen molar-refractivity contribution in [2.24, 2.45) is 5.92 Å². The Morgan fingerprint density at radius 2 is 2.00 bits per heavy atom. The Morgan fingerprint density at radius 3 is 2.62 bits per heavy atom. The summed E-state index contributed by atoms with van der Waals surface area (Å²) in [6.45, 7) is 7.10. The molecule has 0 saturated carbocycles. The second kappa shape index (κ2) is 11.3. The molecule has 0 unspecified atom stereocenters. The van der Waals surface area contributed by atoms with E-state index in [1.807, 2.05) is 6.92 Å². The number of carbonyl (C=O) groups is 1. The predicted octanol–water partition coefficient (Wildman–Crippen LogP) is 3.05. The highest BCUT2D eigenvalue weighted by Crippen LogP contribution is 2.18. The lowest BCUT2D eigenvalue weighted by Crippen LogP contribution is -2.35. The average Bonchev–Trinajstić information content (AvgIpc) is 2.63. The molecule has 160 valence electrons. The number of benzene rings is 1. The number of halogens is 1. The predicted molar refractivity (Wildman–Crippen MR) is 120 cm³/mol. The number of H-pyrrole nitrogens is 1. The number of hydrogen-bond acceptors (Lipinski definition) is 5. The van der Waals surface area contributed by atoms with E-state index < -0.39 is 17.2 Å². The van der Waals surface area contributed by atoms with Crippen molar-refractivity contribution in [1.29, 1.82) is 0 Å². The molecule has 2 aromatic rings. The van der Waals surface area contributed by atoms with Crippen LogP contribution < -0.4 is 27.6 Å². The smallest absolute Gasteiger partial charge is 0.330 e. The van der Waals surface area contributed by atoms with Gasteiger partial charge in [-0.3, -0.25) is 19.1 Å². The molecule has 0 aliphatic heterocycles. The van der Waals surface area contributed by atoms with Crippen molar-refractivity contribution < 1.29 is 4.79 Å². The molecule has 0 atom stereocenters. The van der Waals surface area contributed by atoms with Crippen LogP contribution in [0.3, 0.4) is 0 Å². The second-order valence-corrected chi connectivity index (χ2v) is 7.18. The molecule has 0 fully saturated rings. The number of amides is 1. The van der Waals surface area contributed by atoms with Crippen LogP contribution in [0.2, 0.25) is 0 Å². The molecule has 0 saturated heterocycles. The van der Waals surface area contributed by atoms with E-state index in [4.69, 9.17) is 5.73 Å². The number of nitrogens with zero attached hydrogens (tertiary/aromatic N) is 1. The molecule has 29 heavy (non-hydrogen) atoms. The third-order valence-electron chi connectivity index (χ3n) is 4.34. The highest BCUT2D eigenvalue weighted by molar-refractivity contribution is 6.05. The minimum absolute atomic E-state index is 0. The van der Waals surface area contributed by atoms with Gasteiger partial charge in [0.25, 0.3) is 11.5 Å². The fourth-order valence-electron chi connectivity index (χ4n) is 2.74. The monoisotopic (exact) mass is 423 g/mol. The van der Waals surface area contributed by atoms with Gasteiger partial charge in [0.05, 0.1) is 0 Å². The third-order valence-corrected chi connectivity index (χ3v) is 4.34. The van der Waals surface area contributed by atoms with Crippen LogP contribution in [-0.4, -0.2) is 22.0 Å². The van der Waals surface area contributed by atoms with Gasteiger partial charge in [-0.05, 0) is 37.0 Å². The maximum Gasteiger partial charge on any atom is 0.330 e. The van der Waals surface area contributed by atoms with Crippen molar-refractivity contribution in [1.82, 2.24) is 9.55 Å². The fraction of sp³-hybridized carbons (Fsp3) is 0.450. The number of nitrogens with two attached hydrogens (primary N) is 1. The number of carbonyl (C=O) groups excluding carboxylic acids is 1. The van der Waals surface area contributed by atoms with Gasteiger partial charge in [0, 0.05) is 24.3 Å². The highest BCUT2D eigenvalue weighted by atomic mass is 35.5. The van der Waals surface area contributed by atoms with E-state index in [-0.39, 0.29) is 23.9 Å². The number of unbranched alkanes of at least 4 members (excludes halogenated alkanes) is 1. The molecule has 0 aliphatic rings. The van der Waals surface area contributed by atoms with E-state index in [0.717, 1.165) is 19.3 Å². The molecular formula is C20H30ClN5O3. The van der Waals surface area contributed by atoms with Gasteiger partial charge < -0.3 is 16.4 Å². The molecule has 1 aromatic carbocycles. The minimum Gasteiger partial charge on any atom is -0.399 e. The quantitative estimate of drug-likeness (QED) is 0.462. The van der Waals surface area contributed by atoms with E-state index in [2.05, 4.69) is 29.5 Å². The van der Waals surface area contributed by atoms with E-state index in [9.17, 15) is 14.4 Å². The first-order chi connectivity index (χ1) is 13.3. The van der Waals surface area contributed by atoms with Gasteiger partial charge in [-0.1, -0.05) is 33.3 Å². The SMILES string of the molecule is CCCCn1c(NC(=O)c2cccc(N)c2)c(NCCC(C)C)c(=O)[nH]c1=O.Cl. The first kappa shape index (κ1) is 24.3. The maximum absolute atomic E-state index is 12.7. The lowest BCUT2D eigenvalue weighted by molar-refractivity contribution is 0.102. The van der Waals surface area contributed by atoms with Crippen molar-refractivity contribution in [3.63, 3.8) is 0 Å². The topological polar surface area (TPSA) is 122 Å². The second-order valence-electron chi connectivity index (χ2n) is 7.18. The van der Waals surface area contributed by atoms with Crippen molar-refractivity contribution in [3.05, 3.63) is 50.7 Å². The average molecular weight is 424 g/mol. The van der Waals surface area contributed by atoms with Crippen LogP contribution in [-0.2, 0) is 6.54 Å². The standard InChI is InChI=1S/C20H29N5O3.ClH/c1-4-5-11-25-17(23-18(26)14-7-6-8-15(21)12-14)16(19(27)24-20(25)28)22-10-9-13(2)3;/h6-8,12-13,22H,4-5,9-11,21H2,1-3H3,(H,23,26)(H,24,27,28);1H. The maximum atomic E-state index is 12.7. The Hall–Kier alpha value is -2.74. The summed E-state index contributed by atoms with van der Waals surface area (Å²) >= 11 is 0. The van der Waals surface area contributed by atoms with Crippen molar-refractivity contribution in [2.45, 2.75) is 46.6 Å². The molecule has 1 aromatic heterocycles. The number of anilines is 3. The van der Waals surface area contributed by atoms with Crippen molar-refractivity contribution in [2.75, 3.05) is 22.9 Å². The molecule has 5 N–H and O–H groups in total. The van der Waals surface area contributed by atoms with Gasteiger partial charge in [0.2, 0.25) is 0 Å². The number of aromatic amines is 1. The summed E-state index contributed by atoms with van der Waals surface area (Å²) in [5.41, 5.74) is 5.65. The largest absolute Gasteiger partial charge is 0.399 e. The Bertz CT molecular complexity index is 936. The summed E-state index contributed by atoms with van der Waals surface area (Å²) in [5.74, 6) is 0.191. The molecule has 2 rings (SSSR count). The number of rotatable bonds is 9. The van der Waals surface area contributed by atoms with Crippen LogP contribution in [0.1, 0.15) is 50.4 Å². The zero-order valence-electron chi connectivity index (χ0n) is 17.1. The summed E-state index contributed by atoms with van der Waals surface area (Å²) in [5, 5.41) is 5.82. The first-order valence-electron chi connectivity index (χ1n) is 9.61. The summed E-state index contributed by atoms with van der Waals surface area (Å²) in [6, 6.07) is 6.52. The number of nitrogens with one attached hydrogen (secondary N) is 3. The van der Waals surface area contributed by atoms with Crippen LogP contribution in [0.15, 0.2) is 33.9 Å². The van der Waals surface area contributed by atoms with Crippen LogP contribution in [0, 0.1) is 5.92 Å². The lowest BCUT2D eigenvalue weighted by atomic mass is 10.1. The molecule has 8 nitrogen and oxygen atoms in total. The summed E-state index contributed by atoms with van der Waals surface area (Å²) in [6.07, 6.45) is 2.44. The van der Waals surface area contributed by atoms with E-state index in [1.54, 1.807) is 24.3 Å². The van der Waals surface area contributed by atoms with Crippen molar-refractivity contribution >= 4 is 35.5 Å². The van der Waals surface area contributed by atoms with Gasteiger partial charge in [0.15, 0.2) is 0 Å². The zero-order valence-corrected chi connectivity index (χ0v) is 17.9. The summed E-state index contributed by atoms with van der Waals surface area (Å²) < 4.78 is 1.40. The molecular weight excluding hydrogens is 394 g/mol. The van der Waals surface area contributed by atoms with Crippen LogP contribution >= 0.6 is 12.4 Å². The van der Waals surface area contributed by atoms with Gasteiger partial charge >= 0.3 is 5.69 Å². The Labute approximate surface area is 176 Å². The number of hydrogen-bond donors (Lipinski definition) is 4. The van der Waals surface area contributed by atoms with Gasteiger partial charge in [-0.2, -0.15) is 0 Å². The molecule has 0 radical (unpaired) electrons. The fourth-order valence-corrected chi connectivity index (χ4v) is 2.74. The Balaban J connectivity index is 0.00000420. The van der Waals surface area contributed by atoms with Crippen LogP contribution in [0.25, 0.3) is 0 Å². The molecule has 0 spiro atoms. The Kier molecular flexibility index (Phi) is 9.47. The summed E-state index contributed by atoms with van der Waals surface area (Å²) in [4.78, 5) is 39.9. The molecule has 9 heteroatoms. The minimum atomic E-state index is -0.551. The molecule has 0 aliphatic carbocycles. The number of aromatic nitrogens is 2. The van der Waals surface area contributed by atoms with Crippen LogP contribution in [0.4, 0.5) is 17.2 Å². The summed E-state index contributed by atoms with van der Waals surface area (Å²) in [7, 11) is 0. The first-order valence-corrected chi connectivity index (χ1v) is 9.61. The number of nitrogen functional groups attached to an aromatic ring is 1. The highest BCUT2D eigenvalue weighted by Gasteiger charge is 2.18. The lowest BCUT2D eigenvalue weighted by Gasteiger charge is -2.18. The van der Waals surface area contributed by atoms with E-state index in [1.165, 1.54) is 4.57 Å². The van der Waals surface area contributed by atoms with Gasteiger partial charge in [-0.25, -0.2) is 4.79 Å². The molecule has 0 bridgehead atoms. The molecule has 1 heterocycles. The van der Waals surface area contributed by atoms with E-state index in [0.29, 0.717) is 30.3 Å². The normalized spacial score (nSPS) is 10.5.